The summed E-state index contributed by atoms with van der Waals surface area (Å²) < 4.78 is 24.4. The van der Waals surface area contributed by atoms with E-state index in [4.69, 9.17) is 5.73 Å². The number of hydrogen-bond donors (Lipinski definition) is 1. The summed E-state index contributed by atoms with van der Waals surface area (Å²) >= 11 is 0. The van der Waals surface area contributed by atoms with E-state index in [0.29, 0.717) is 0 Å². The number of benzene rings is 1. The van der Waals surface area contributed by atoms with Gasteiger partial charge in [-0.2, -0.15) is 4.80 Å². The van der Waals surface area contributed by atoms with Crippen LogP contribution in [-0.2, 0) is 22.6 Å². The Morgan fingerprint density at radius 1 is 1.39 bits per heavy atom. The summed E-state index contributed by atoms with van der Waals surface area (Å²) in [5.74, 6) is -0.160. The van der Waals surface area contributed by atoms with E-state index in [0.717, 1.165) is 5.56 Å². The maximum Gasteiger partial charge on any atom is 0.190 e. The van der Waals surface area contributed by atoms with Gasteiger partial charge in [0.2, 0.25) is 0 Å². The molecule has 2 rings (SSSR count). The van der Waals surface area contributed by atoms with Crippen LogP contribution < -0.4 is 5.73 Å². The van der Waals surface area contributed by atoms with Gasteiger partial charge in [-0.05, 0) is 29.8 Å². The lowest BCUT2D eigenvalue weighted by atomic mass is 10.2. The van der Waals surface area contributed by atoms with Crippen LogP contribution in [0.25, 0.3) is 0 Å². The molecular formula is C10H13N5O2S. The number of sulfone groups is 1. The number of tetrazole rings is 1. The first-order valence-corrected chi connectivity index (χ1v) is 6.85. The van der Waals surface area contributed by atoms with Crippen molar-refractivity contribution in [2.24, 2.45) is 7.05 Å². The van der Waals surface area contributed by atoms with Crippen LogP contribution in [0.15, 0.2) is 23.1 Å². The fourth-order valence-corrected chi connectivity index (χ4v) is 2.94. The molecule has 0 saturated carbocycles. The second-order valence-electron chi connectivity index (χ2n) is 4.00. The molecule has 1 aromatic heterocycles. The highest BCUT2D eigenvalue weighted by atomic mass is 32.2. The highest BCUT2D eigenvalue weighted by molar-refractivity contribution is 7.90. The summed E-state index contributed by atoms with van der Waals surface area (Å²) in [6.07, 6.45) is 0. The first-order chi connectivity index (χ1) is 8.38. The third kappa shape index (κ3) is 2.48. The molecule has 0 spiro atoms. The van der Waals surface area contributed by atoms with E-state index in [1.165, 1.54) is 4.80 Å². The Morgan fingerprint density at radius 2 is 2.11 bits per heavy atom. The number of rotatable bonds is 3. The van der Waals surface area contributed by atoms with Crippen molar-refractivity contribution in [3.8, 4) is 0 Å². The van der Waals surface area contributed by atoms with Gasteiger partial charge in [-0.15, -0.1) is 10.2 Å². The summed E-state index contributed by atoms with van der Waals surface area (Å²) in [5.41, 5.74) is 6.75. The topological polar surface area (TPSA) is 104 Å². The summed E-state index contributed by atoms with van der Waals surface area (Å²) in [5, 5.41) is 11.1. The monoisotopic (exact) mass is 267 g/mol. The molecule has 8 heteroatoms. The summed E-state index contributed by atoms with van der Waals surface area (Å²) in [7, 11) is -1.98. The molecule has 0 aliphatic heterocycles. The highest BCUT2D eigenvalue weighted by Crippen LogP contribution is 2.22. The molecule has 0 saturated heterocycles. The molecule has 0 aliphatic rings. The number of nitrogen functional groups attached to an aromatic ring is 1. The normalized spacial score (nSPS) is 11.7. The van der Waals surface area contributed by atoms with Crippen molar-refractivity contribution in [1.82, 2.24) is 20.2 Å². The van der Waals surface area contributed by atoms with E-state index in [-0.39, 0.29) is 22.2 Å². The molecule has 18 heavy (non-hydrogen) atoms. The third-order valence-electron chi connectivity index (χ3n) is 2.37. The van der Waals surface area contributed by atoms with E-state index in [1.807, 2.05) is 0 Å². The van der Waals surface area contributed by atoms with E-state index in [1.54, 1.807) is 32.2 Å². The molecule has 7 nitrogen and oxygen atoms in total. The van der Waals surface area contributed by atoms with Crippen molar-refractivity contribution >= 4 is 15.5 Å². The first-order valence-electron chi connectivity index (χ1n) is 5.20. The molecule has 0 bridgehead atoms. The van der Waals surface area contributed by atoms with Crippen LogP contribution in [0, 0.1) is 6.92 Å². The van der Waals surface area contributed by atoms with Crippen molar-refractivity contribution in [3.63, 3.8) is 0 Å². The molecule has 0 aliphatic carbocycles. The predicted molar refractivity (Wildman–Crippen MR) is 65.3 cm³/mol. The van der Waals surface area contributed by atoms with Gasteiger partial charge in [0.15, 0.2) is 15.7 Å². The van der Waals surface area contributed by atoms with Crippen molar-refractivity contribution in [3.05, 3.63) is 29.6 Å². The second kappa shape index (κ2) is 4.37. The van der Waals surface area contributed by atoms with Crippen molar-refractivity contribution in [1.29, 1.82) is 0 Å². The van der Waals surface area contributed by atoms with Crippen molar-refractivity contribution in [2.75, 3.05) is 5.73 Å². The van der Waals surface area contributed by atoms with Gasteiger partial charge in [0.1, 0.15) is 5.75 Å². The second-order valence-corrected chi connectivity index (χ2v) is 5.95. The Kier molecular flexibility index (Phi) is 3.04. The van der Waals surface area contributed by atoms with Gasteiger partial charge in [-0.3, -0.25) is 0 Å². The molecule has 0 radical (unpaired) electrons. The lowest BCUT2D eigenvalue weighted by Gasteiger charge is -2.06. The first kappa shape index (κ1) is 12.5. The summed E-state index contributed by atoms with van der Waals surface area (Å²) in [6, 6.07) is 4.88. The maximum absolute atomic E-state index is 12.2. The number of nitrogens with zero attached hydrogens (tertiary/aromatic N) is 4. The molecule has 1 aromatic carbocycles. The lowest BCUT2D eigenvalue weighted by Crippen LogP contribution is -2.09. The van der Waals surface area contributed by atoms with Crippen LogP contribution in [0.1, 0.15) is 11.4 Å². The smallest absolute Gasteiger partial charge is 0.190 e. The lowest BCUT2D eigenvalue weighted by molar-refractivity contribution is 0.593. The van der Waals surface area contributed by atoms with Gasteiger partial charge >= 0.3 is 0 Å². The Hall–Kier alpha value is -1.96. The largest absolute Gasteiger partial charge is 0.398 e. The number of nitrogens with two attached hydrogens (primary N) is 1. The Morgan fingerprint density at radius 3 is 2.72 bits per heavy atom. The van der Waals surface area contributed by atoms with Crippen LogP contribution in [0.5, 0.6) is 0 Å². The summed E-state index contributed by atoms with van der Waals surface area (Å²) in [4.78, 5) is 1.32. The van der Waals surface area contributed by atoms with Gasteiger partial charge < -0.3 is 5.73 Å². The average molecular weight is 267 g/mol. The molecule has 0 atom stereocenters. The average Bonchev–Trinajstić information content (AvgIpc) is 2.66. The quantitative estimate of drug-likeness (QED) is 0.789. The van der Waals surface area contributed by atoms with E-state index >= 15 is 0 Å². The zero-order chi connectivity index (χ0) is 13.3. The van der Waals surface area contributed by atoms with Gasteiger partial charge in [0, 0.05) is 0 Å². The Balaban J connectivity index is 2.39. The van der Waals surface area contributed by atoms with Crippen LogP contribution in [-0.4, -0.2) is 28.6 Å². The molecule has 0 fully saturated rings. The molecule has 1 heterocycles. The SMILES string of the molecule is Cc1ccc(N)c(S(=O)(=O)Cc2nnn(C)n2)c1. The van der Waals surface area contributed by atoms with Gasteiger partial charge in [-0.1, -0.05) is 6.07 Å². The van der Waals surface area contributed by atoms with Crippen molar-refractivity contribution in [2.45, 2.75) is 17.6 Å². The molecule has 2 N–H and O–H groups in total. The minimum atomic E-state index is -3.56. The number of aryl methyl sites for hydroxylation is 2. The fourth-order valence-electron chi connectivity index (χ4n) is 1.54. The van der Waals surface area contributed by atoms with Crippen LogP contribution >= 0.6 is 0 Å². The van der Waals surface area contributed by atoms with E-state index < -0.39 is 9.84 Å². The van der Waals surface area contributed by atoms with Crippen LogP contribution in [0.4, 0.5) is 5.69 Å². The minimum absolute atomic E-state index is 0.106. The Labute approximate surface area is 105 Å². The van der Waals surface area contributed by atoms with Gasteiger partial charge in [0.25, 0.3) is 0 Å². The predicted octanol–water partition coefficient (Wildman–Crippen LogP) is 0.0746. The standard InChI is InChI=1S/C10H13N5O2S/c1-7-3-4-8(11)9(5-7)18(16,17)6-10-12-14-15(2)13-10/h3-5H,6,11H2,1-2H3. The Bertz CT molecular complexity index is 677. The molecule has 2 aromatic rings. The van der Waals surface area contributed by atoms with Gasteiger partial charge in [-0.25, -0.2) is 8.42 Å². The maximum atomic E-state index is 12.2. The molecule has 96 valence electrons. The molecular weight excluding hydrogens is 254 g/mol. The van der Waals surface area contributed by atoms with Crippen LogP contribution in [0.3, 0.4) is 0 Å². The fraction of sp³-hybridized carbons (Fsp3) is 0.300. The minimum Gasteiger partial charge on any atom is -0.398 e. The highest BCUT2D eigenvalue weighted by Gasteiger charge is 2.21. The van der Waals surface area contributed by atoms with E-state index in [2.05, 4.69) is 15.4 Å². The van der Waals surface area contributed by atoms with E-state index in [9.17, 15) is 8.42 Å². The van der Waals surface area contributed by atoms with Gasteiger partial charge in [0.05, 0.1) is 17.6 Å². The van der Waals surface area contributed by atoms with Crippen LogP contribution in [0.2, 0.25) is 0 Å². The number of aromatic nitrogens is 4. The zero-order valence-corrected chi connectivity index (χ0v) is 10.8. The molecule has 0 amide bonds. The van der Waals surface area contributed by atoms with Crippen molar-refractivity contribution < 1.29 is 8.42 Å². The molecule has 0 unspecified atom stereocenters. The zero-order valence-electron chi connectivity index (χ0n) is 10.0. The summed E-state index contributed by atoms with van der Waals surface area (Å²) in [6.45, 7) is 1.80. The number of anilines is 1. The number of hydrogen-bond acceptors (Lipinski definition) is 6. The third-order valence-corrected chi connectivity index (χ3v) is 4.03.